The number of para-hydroxylation sites is 1. The van der Waals surface area contributed by atoms with Crippen LogP contribution in [0.4, 0.5) is 5.69 Å². The highest BCUT2D eigenvalue weighted by molar-refractivity contribution is 7.99. The zero-order chi connectivity index (χ0) is 8.81. The van der Waals surface area contributed by atoms with Gasteiger partial charge in [0.25, 0.3) is 0 Å². The number of hydrogen-bond donors (Lipinski definition) is 1. The Morgan fingerprint density at radius 3 is 2.58 bits per heavy atom. The summed E-state index contributed by atoms with van der Waals surface area (Å²) in [6, 6.07) is 10.3. The van der Waals surface area contributed by atoms with Crippen molar-refractivity contribution in [3.63, 3.8) is 0 Å². The zero-order valence-electron chi connectivity index (χ0n) is 7.58. The van der Waals surface area contributed by atoms with E-state index in [-0.39, 0.29) is 0 Å². The van der Waals surface area contributed by atoms with Crippen LogP contribution in [0.5, 0.6) is 0 Å². The molecule has 1 aromatic rings. The molecule has 0 fully saturated rings. The SMILES string of the molecule is CSC(C)CNc1ccccc1. The summed E-state index contributed by atoms with van der Waals surface area (Å²) in [6.45, 7) is 3.26. The first-order chi connectivity index (χ1) is 5.83. The van der Waals surface area contributed by atoms with Crippen LogP contribution in [0.25, 0.3) is 0 Å². The lowest BCUT2D eigenvalue weighted by Crippen LogP contribution is -2.12. The number of nitrogens with one attached hydrogen (secondary N) is 1. The van der Waals surface area contributed by atoms with Gasteiger partial charge in [0, 0.05) is 17.5 Å². The Kier molecular flexibility index (Phi) is 4.01. The Bertz CT molecular complexity index is 210. The Hall–Kier alpha value is -0.630. The molecular formula is C10H15NS. The molecule has 0 aliphatic carbocycles. The summed E-state index contributed by atoms with van der Waals surface area (Å²) in [4.78, 5) is 0. The van der Waals surface area contributed by atoms with Crippen LogP contribution in [0.3, 0.4) is 0 Å². The Morgan fingerprint density at radius 1 is 1.33 bits per heavy atom. The molecule has 1 rings (SSSR count). The third kappa shape index (κ3) is 3.18. The van der Waals surface area contributed by atoms with Gasteiger partial charge < -0.3 is 5.32 Å². The topological polar surface area (TPSA) is 12.0 Å². The van der Waals surface area contributed by atoms with Crippen molar-refractivity contribution in [1.82, 2.24) is 0 Å². The predicted molar refractivity (Wildman–Crippen MR) is 57.9 cm³/mol. The maximum absolute atomic E-state index is 3.37. The maximum atomic E-state index is 3.37. The zero-order valence-corrected chi connectivity index (χ0v) is 8.40. The van der Waals surface area contributed by atoms with Gasteiger partial charge in [-0.15, -0.1) is 0 Å². The van der Waals surface area contributed by atoms with Gasteiger partial charge in [0.2, 0.25) is 0 Å². The van der Waals surface area contributed by atoms with E-state index in [9.17, 15) is 0 Å². The fourth-order valence-corrected chi connectivity index (χ4v) is 1.15. The van der Waals surface area contributed by atoms with Gasteiger partial charge in [0.15, 0.2) is 0 Å². The Morgan fingerprint density at radius 2 is 2.00 bits per heavy atom. The van der Waals surface area contributed by atoms with E-state index in [1.165, 1.54) is 5.69 Å². The van der Waals surface area contributed by atoms with Crippen molar-refractivity contribution in [2.45, 2.75) is 12.2 Å². The molecule has 12 heavy (non-hydrogen) atoms. The van der Waals surface area contributed by atoms with Crippen molar-refractivity contribution in [3.8, 4) is 0 Å². The summed E-state index contributed by atoms with van der Waals surface area (Å²) in [5.74, 6) is 0. The molecule has 66 valence electrons. The van der Waals surface area contributed by atoms with E-state index >= 15 is 0 Å². The summed E-state index contributed by atoms with van der Waals surface area (Å²) in [5, 5.41) is 4.05. The summed E-state index contributed by atoms with van der Waals surface area (Å²) in [6.07, 6.45) is 2.14. The van der Waals surface area contributed by atoms with Gasteiger partial charge in [-0.25, -0.2) is 0 Å². The Labute approximate surface area is 78.6 Å². The number of hydrogen-bond acceptors (Lipinski definition) is 2. The molecule has 1 nitrogen and oxygen atoms in total. The molecule has 0 saturated carbocycles. The minimum atomic E-state index is 0.671. The van der Waals surface area contributed by atoms with Crippen molar-refractivity contribution in [2.75, 3.05) is 18.1 Å². The lowest BCUT2D eigenvalue weighted by Gasteiger charge is -2.10. The summed E-state index contributed by atoms with van der Waals surface area (Å²) < 4.78 is 0. The van der Waals surface area contributed by atoms with Crippen molar-refractivity contribution >= 4 is 17.4 Å². The van der Waals surface area contributed by atoms with Crippen molar-refractivity contribution in [3.05, 3.63) is 30.3 Å². The lowest BCUT2D eigenvalue weighted by atomic mass is 10.3. The summed E-state index contributed by atoms with van der Waals surface area (Å²) >= 11 is 1.88. The van der Waals surface area contributed by atoms with Crippen molar-refractivity contribution in [1.29, 1.82) is 0 Å². The van der Waals surface area contributed by atoms with E-state index < -0.39 is 0 Å². The van der Waals surface area contributed by atoms with E-state index in [1.54, 1.807) is 0 Å². The second kappa shape index (κ2) is 5.09. The van der Waals surface area contributed by atoms with Crippen LogP contribution in [-0.4, -0.2) is 18.1 Å². The van der Waals surface area contributed by atoms with E-state index in [2.05, 4.69) is 30.6 Å². The van der Waals surface area contributed by atoms with Gasteiger partial charge in [-0.3, -0.25) is 0 Å². The first kappa shape index (κ1) is 9.46. The third-order valence-corrected chi connectivity index (χ3v) is 2.74. The van der Waals surface area contributed by atoms with Crippen LogP contribution >= 0.6 is 11.8 Å². The highest BCUT2D eigenvalue weighted by atomic mass is 32.2. The molecular weight excluding hydrogens is 166 g/mol. The van der Waals surface area contributed by atoms with Crippen molar-refractivity contribution < 1.29 is 0 Å². The molecule has 1 unspecified atom stereocenters. The molecule has 0 bridgehead atoms. The predicted octanol–water partition coefficient (Wildman–Crippen LogP) is 2.85. The fraction of sp³-hybridized carbons (Fsp3) is 0.400. The third-order valence-electron chi connectivity index (χ3n) is 1.77. The number of anilines is 1. The van der Waals surface area contributed by atoms with Crippen LogP contribution in [-0.2, 0) is 0 Å². The molecule has 1 N–H and O–H groups in total. The first-order valence-corrected chi connectivity index (χ1v) is 5.43. The van der Waals surface area contributed by atoms with Gasteiger partial charge in [-0.05, 0) is 18.4 Å². The number of thioether (sulfide) groups is 1. The largest absolute Gasteiger partial charge is 0.384 e. The standard InChI is InChI=1S/C10H15NS/c1-9(12-2)8-11-10-6-4-3-5-7-10/h3-7,9,11H,8H2,1-2H3. The average Bonchev–Trinajstić information content (AvgIpc) is 2.16. The molecule has 0 heterocycles. The molecule has 0 aliphatic rings. The average molecular weight is 181 g/mol. The molecule has 0 amide bonds. The minimum Gasteiger partial charge on any atom is -0.384 e. The summed E-state index contributed by atoms with van der Waals surface area (Å²) in [7, 11) is 0. The molecule has 0 saturated heterocycles. The number of rotatable bonds is 4. The highest BCUT2D eigenvalue weighted by Crippen LogP contribution is 2.08. The molecule has 2 heteroatoms. The highest BCUT2D eigenvalue weighted by Gasteiger charge is 1.97. The fourth-order valence-electron chi connectivity index (χ4n) is 0.901. The van der Waals surface area contributed by atoms with E-state index in [4.69, 9.17) is 0 Å². The molecule has 0 radical (unpaired) electrons. The second-order valence-corrected chi connectivity index (χ2v) is 4.07. The van der Waals surface area contributed by atoms with E-state index in [1.807, 2.05) is 30.0 Å². The van der Waals surface area contributed by atoms with Crippen LogP contribution in [0.15, 0.2) is 30.3 Å². The quantitative estimate of drug-likeness (QED) is 0.766. The van der Waals surface area contributed by atoms with E-state index in [0.29, 0.717) is 5.25 Å². The van der Waals surface area contributed by atoms with Crippen LogP contribution in [0, 0.1) is 0 Å². The minimum absolute atomic E-state index is 0.671. The number of benzene rings is 1. The molecule has 0 spiro atoms. The summed E-state index contributed by atoms with van der Waals surface area (Å²) in [5.41, 5.74) is 1.21. The van der Waals surface area contributed by atoms with Gasteiger partial charge in [0.05, 0.1) is 0 Å². The van der Waals surface area contributed by atoms with Crippen LogP contribution < -0.4 is 5.32 Å². The molecule has 1 aromatic carbocycles. The lowest BCUT2D eigenvalue weighted by molar-refractivity contribution is 1.00. The monoisotopic (exact) mass is 181 g/mol. The molecule has 0 aliphatic heterocycles. The van der Waals surface area contributed by atoms with E-state index in [0.717, 1.165) is 6.54 Å². The van der Waals surface area contributed by atoms with Crippen LogP contribution in [0.2, 0.25) is 0 Å². The first-order valence-electron chi connectivity index (χ1n) is 4.14. The normalized spacial score (nSPS) is 12.5. The Balaban J connectivity index is 2.33. The smallest absolute Gasteiger partial charge is 0.0340 e. The van der Waals surface area contributed by atoms with Crippen molar-refractivity contribution in [2.24, 2.45) is 0 Å². The van der Waals surface area contributed by atoms with Gasteiger partial charge in [-0.2, -0.15) is 11.8 Å². The molecule has 0 aromatic heterocycles. The van der Waals surface area contributed by atoms with Gasteiger partial charge in [-0.1, -0.05) is 25.1 Å². The van der Waals surface area contributed by atoms with Gasteiger partial charge >= 0.3 is 0 Å². The maximum Gasteiger partial charge on any atom is 0.0340 e. The molecule has 1 atom stereocenters. The second-order valence-electron chi connectivity index (χ2n) is 2.79. The van der Waals surface area contributed by atoms with Crippen LogP contribution in [0.1, 0.15) is 6.92 Å². The van der Waals surface area contributed by atoms with Gasteiger partial charge in [0.1, 0.15) is 0 Å².